The van der Waals surface area contributed by atoms with E-state index < -0.39 is 0 Å². The van der Waals surface area contributed by atoms with Gasteiger partial charge in [0.1, 0.15) is 0 Å². The summed E-state index contributed by atoms with van der Waals surface area (Å²) in [4.78, 5) is 16.8. The molecule has 3 rings (SSSR count). The van der Waals surface area contributed by atoms with Gasteiger partial charge in [-0.15, -0.1) is 0 Å². The van der Waals surface area contributed by atoms with Gasteiger partial charge in [-0.2, -0.15) is 5.10 Å². The number of benzene rings is 1. The van der Waals surface area contributed by atoms with E-state index >= 15 is 0 Å². The molecular formula is C21H24N4O2. The summed E-state index contributed by atoms with van der Waals surface area (Å²) in [6.07, 6.45) is 3.48. The molecule has 140 valence electrons. The Kier molecular flexibility index (Phi) is 6.33. The van der Waals surface area contributed by atoms with Crippen molar-refractivity contribution in [1.82, 2.24) is 20.5 Å². The SMILES string of the molecule is COCc1n[nH]c(C)c1-c1cccc(C(=O)NCCCc2ccccn2)c1. The van der Waals surface area contributed by atoms with Crippen molar-refractivity contribution in [2.75, 3.05) is 13.7 Å². The fourth-order valence-electron chi connectivity index (χ4n) is 3.04. The topological polar surface area (TPSA) is 79.9 Å². The van der Waals surface area contributed by atoms with Crippen LogP contribution in [0.15, 0.2) is 48.7 Å². The van der Waals surface area contributed by atoms with Crippen molar-refractivity contribution in [3.8, 4) is 11.1 Å². The second-order valence-electron chi connectivity index (χ2n) is 6.36. The zero-order chi connectivity index (χ0) is 19.1. The predicted molar refractivity (Wildman–Crippen MR) is 104 cm³/mol. The smallest absolute Gasteiger partial charge is 0.251 e. The Bertz CT molecular complexity index is 890. The number of nitrogens with one attached hydrogen (secondary N) is 2. The molecular weight excluding hydrogens is 340 g/mol. The molecule has 2 aromatic heterocycles. The number of ether oxygens (including phenoxy) is 1. The number of hydrogen-bond acceptors (Lipinski definition) is 4. The van der Waals surface area contributed by atoms with Gasteiger partial charge < -0.3 is 10.1 Å². The summed E-state index contributed by atoms with van der Waals surface area (Å²) < 4.78 is 5.22. The van der Waals surface area contributed by atoms with Crippen LogP contribution in [0.5, 0.6) is 0 Å². The van der Waals surface area contributed by atoms with Crippen LogP contribution in [-0.4, -0.2) is 34.7 Å². The number of hydrogen-bond donors (Lipinski definition) is 2. The lowest BCUT2D eigenvalue weighted by Crippen LogP contribution is -2.24. The molecule has 1 amide bonds. The number of aromatic amines is 1. The molecule has 27 heavy (non-hydrogen) atoms. The fraction of sp³-hybridized carbons (Fsp3) is 0.286. The molecule has 0 aliphatic carbocycles. The van der Waals surface area contributed by atoms with Crippen LogP contribution in [0.4, 0.5) is 0 Å². The van der Waals surface area contributed by atoms with Gasteiger partial charge in [0, 0.05) is 42.4 Å². The second-order valence-corrected chi connectivity index (χ2v) is 6.36. The Balaban J connectivity index is 1.63. The van der Waals surface area contributed by atoms with Gasteiger partial charge in [0.15, 0.2) is 0 Å². The first-order chi connectivity index (χ1) is 13.2. The third kappa shape index (κ3) is 4.80. The Morgan fingerprint density at radius 3 is 2.89 bits per heavy atom. The highest BCUT2D eigenvalue weighted by atomic mass is 16.5. The first-order valence-corrected chi connectivity index (χ1v) is 9.00. The Hall–Kier alpha value is -2.99. The van der Waals surface area contributed by atoms with E-state index in [-0.39, 0.29) is 5.91 Å². The normalized spacial score (nSPS) is 10.7. The second kappa shape index (κ2) is 9.09. The molecule has 0 unspecified atom stereocenters. The summed E-state index contributed by atoms with van der Waals surface area (Å²) in [5.41, 5.74) is 5.40. The maximum absolute atomic E-state index is 12.5. The van der Waals surface area contributed by atoms with E-state index in [0.717, 1.165) is 41.1 Å². The van der Waals surface area contributed by atoms with E-state index in [1.54, 1.807) is 13.3 Å². The maximum atomic E-state index is 12.5. The summed E-state index contributed by atoms with van der Waals surface area (Å²) in [7, 11) is 1.64. The van der Waals surface area contributed by atoms with Gasteiger partial charge >= 0.3 is 0 Å². The van der Waals surface area contributed by atoms with Crippen molar-refractivity contribution in [3.63, 3.8) is 0 Å². The maximum Gasteiger partial charge on any atom is 0.251 e. The number of nitrogens with zero attached hydrogens (tertiary/aromatic N) is 2. The molecule has 2 heterocycles. The first-order valence-electron chi connectivity index (χ1n) is 9.00. The molecule has 0 atom stereocenters. The van der Waals surface area contributed by atoms with Crippen molar-refractivity contribution in [3.05, 3.63) is 71.3 Å². The summed E-state index contributed by atoms with van der Waals surface area (Å²) in [6, 6.07) is 13.5. The number of carbonyl (C=O) groups excluding carboxylic acids is 1. The summed E-state index contributed by atoms with van der Waals surface area (Å²) in [5.74, 6) is -0.0766. The lowest BCUT2D eigenvalue weighted by molar-refractivity contribution is 0.0953. The third-order valence-corrected chi connectivity index (χ3v) is 4.34. The summed E-state index contributed by atoms with van der Waals surface area (Å²) >= 11 is 0. The minimum absolute atomic E-state index is 0.0766. The highest BCUT2D eigenvalue weighted by molar-refractivity contribution is 5.95. The van der Waals surface area contributed by atoms with Crippen LogP contribution in [0.3, 0.4) is 0 Å². The van der Waals surface area contributed by atoms with E-state index in [2.05, 4.69) is 20.5 Å². The molecule has 0 saturated heterocycles. The fourth-order valence-corrected chi connectivity index (χ4v) is 3.04. The average molecular weight is 364 g/mol. The first kappa shape index (κ1) is 18.8. The number of pyridine rings is 1. The monoisotopic (exact) mass is 364 g/mol. The van der Waals surface area contributed by atoms with Crippen LogP contribution in [0, 0.1) is 6.92 Å². The highest BCUT2D eigenvalue weighted by Crippen LogP contribution is 2.27. The van der Waals surface area contributed by atoms with Crippen LogP contribution in [0.25, 0.3) is 11.1 Å². The lowest BCUT2D eigenvalue weighted by Gasteiger charge is -2.08. The third-order valence-electron chi connectivity index (χ3n) is 4.34. The van der Waals surface area contributed by atoms with Crippen LogP contribution in [0.1, 0.15) is 33.9 Å². The van der Waals surface area contributed by atoms with Gasteiger partial charge in [-0.1, -0.05) is 18.2 Å². The molecule has 0 bridgehead atoms. The van der Waals surface area contributed by atoms with E-state index in [1.807, 2.05) is 49.4 Å². The molecule has 3 aromatic rings. The Morgan fingerprint density at radius 1 is 1.22 bits per heavy atom. The molecule has 0 fully saturated rings. The van der Waals surface area contributed by atoms with Crippen molar-refractivity contribution in [1.29, 1.82) is 0 Å². The van der Waals surface area contributed by atoms with E-state index in [9.17, 15) is 4.79 Å². The zero-order valence-electron chi connectivity index (χ0n) is 15.7. The quantitative estimate of drug-likeness (QED) is 0.601. The van der Waals surface area contributed by atoms with Crippen LogP contribution < -0.4 is 5.32 Å². The van der Waals surface area contributed by atoms with Gasteiger partial charge in [-0.05, 0) is 49.6 Å². The standard InChI is InChI=1S/C21H24N4O2/c1-15-20(19(14-27-2)25-24-15)16-7-5-8-17(13-16)21(26)23-12-6-10-18-9-3-4-11-22-18/h3-5,7-9,11,13H,6,10,12,14H2,1-2H3,(H,23,26)(H,24,25). The molecule has 0 aliphatic heterocycles. The van der Waals surface area contributed by atoms with Crippen molar-refractivity contribution in [2.24, 2.45) is 0 Å². The largest absolute Gasteiger partial charge is 0.378 e. The summed E-state index contributed by atoms with van der Waals surface area (Å²) in [6.45, 7) is 2.99. The van der Waals surface area contributed by atoms with Crippen LogP contribution in [-0.2, 0) is 17.8 Å². The van der Waals surface area contributed by atoms with Crippen molar-refractivity contribution in [2.45, 2.75) is 26.4 Å². The van der Waals surface area contributed by atoms with Gasteiger partial charge in [0.25, 0.3) is 5.91 Å². The molecule has 0 aliphatic rings. The van der Waals surface area contributed by atoms with E-state index in [0.29, 0.717) is 18.7 Å². The molecule has 0 radical (unpaired) electrons. The molecule has 0 saturated carbocycles. The molecule has 2 N–H and O–H groups in total. The number of rotatable bonds is 8. The van der Waals surface area contributed by atoms with Gasteiger partial charge in [0.05, 0.1) is 12.3 Å². The Labute approximate surface area is 159 Å². The zero-order valence-corrected chi connectivity index (χ0v) is 15.7. The summed E-state index contributed by atoms with van der Waals surface area (Å²) in [5, 5.41) is 10.3. The Morgan fingerprint density at radius 2 is 2.11 bits per heavy atom. The molecule has 6 nitrogen and oxygen atoms in total. The number of aromatic nitrogens is 3. The number of aryl methyl sites for hydroxylation is 2. The van der Waals surface area contributed by atoms with Gasteiger partial charge in [-0.25, -0.2) is 0 Å². The number of amides is 1. The number of H-pyrrole nitrogens is 1. The van der Waals surface area contributed by atoms with E-state index in [4.69, 9.17) is 4.74 Å². The van der Waals surface area contributed by atoms with Gasteiger partial charge in [-0.3, -0.25) is 14.9 Å². The van der Waals surface area contributed by atoms with Gasteiger partial charge in [0.2, 0.25) is 0 Å². The van der Waals surface area contributed by atoms with Crippen LogP contribution >= 0.6 is 0 Å². The van der Waals surface area contributed by atoms with Crippen molar-refractivity contribution < 1.29 is 9.53 Å². The molecule has 6 heteroatoms. The minimum atomic E-state index is -0.0766. The van der Waals surface area contributed by atoms with Crippen molar-refractivity contribution >= 4 is 5.91 Å². The minimum Gasteiger partial charge on any atom is -0.378 e. The molecule has 0 spiro atoms. The highest BCUT2D eigenvalue weighted by Gasteiger charge is 2.14. The van der Waals surface area contributed by atoms with E-state index in [1.165, 1.54) is 0 Å². The molecule has 1 aromatic carbocycles. The predicted octanol–water partition coefficient (Wildman–Crippen LogP) is 3.29. The number of methoxy groups -OCH3 is 1. The number of carbonyl (C=O) groups is 1. The van der Waals surface area contributed by atoms with Crippen LogP contribution in [0.2, 0.25) is 0 Å². The average Bonchev–Trinajstić information content (AvgIpc) is 3.06. The lowest BCUT2D eigenvalue weighted by atomic mass is 10.0.